The highest BCUT2D eigenvalue weighted by Gasteiger charge is 2.56. The number of aromatic nitrogens is 5. The van der Waals surface area contributed by atoms with E-state index in [1.807, 2.05) is 0 Å². The predicted molar refractivity (Wildman–Crippen MR) is 86.7 cm³/mol. The van der Waals surface area contributed by atoms with Gasteiger partial charge in [-0.15, -0.1) is 5.10 Å². The van der Waals surface area contributed by atoms with Gasteiger partial charge in [-0.25, -0.2) is 17.9 Å². The molecule has 2 aliphatic rings. The van der Waals surface area contributed by atoms with E-state index >= 15 is 0 Å². The average molecular weight is 377 g/mol. The van der Waals surface area contributed by atoms with Crippen LogP contribution in [0.5, 0.6) is 0 Å². The number of benzene rings is 1. The lowest BCUT2D eigenvalue weighted by Gasteiger charge is -2.07. The fourth-order valence-electron chi connectivity index (χ4n) is 3.84. The zero-order chi connectivity index (χ0) is 18.7. The zero-order valence-corrected chi connectivity index (χ0v) is 14.0. The molecule has 0 N–H and O–H groups in total. The van der Waals surface area contributed by atoms with Crippen LogP contribution >= 0.6 is 0 Å². The summed E-state index contributed by atoms with van der Waals surface area (Å²) in [7, 11) is 0. The maximum absolute atomic E-state index is 13.9. The van der Waals surface area contributed by atoms with Crippen molar-refractivity contribution >= 4 is 11.0 Å². The van der Waals surface area contributed by atoms with Crippen LogP contribution in [0.1, 0.15) is 17.3 Å². The quantitative estimate of drug-likeness (QED) is 0.691. The molecule has 1 aliphatic heterocycles. The van der Waals surface area contributed by atoms with Crippen LogP contribution in [0.4, 0.5) is 13.2 Å². The van der Waals surface area contributed by atoms with Crippen LogP contribution in [0.25, 0.3) is 11.0 Å². The second-order valence-corrected chi connectivity index (χ2v) is 6.83. The first kappa shape index (κ1) is 16.4. The Morgan fingerprint density at radius 2 is 1.85 bits per heavy atom. The average Bonchev–Trinajstić information content (AvgIpc) is 3.00. The number of fused-ring (bicyclic) bond motifs is 2. The number of rotatable bonds is 4. The Hall–Kier alpha value is -2.75. The number of alkyl halides is 1. The summed E-state index contributed by atoms with van der Waals surface area (Å²) in [5, 5.41) is 12.0. The number of halogens is 3. The van der Waals surface area contributed by atoms with Crippen molar-refractivity contribution in [2.24, 2.45) is 11.8 Å². The van der Waals surface area contributed by atoms with E-state index in [0.29, 0.717) is 13.2 Å². The van der Waals surface area contributed by atoms with Gasteiger partial charge < -0.3 is 4.74 Å². The summed E-state index contributed by atoms with van der Waals surface area (Å²) in [6.45, 7) is -0.209. The molecule has 10 heteroatoms. The molecule has 0 spiro atoms. The van der Waals surface area contributed by atoms with Gasteiger partial charge in [0.15, 0.2) is 5.52 Å². The Kier molecular flexibility index (Phi) is 3.58. The maximum atomic E-state index is 13.9. The monoisotopic (exact) mass is 377 g/mol. The molecule has 0 bridgehead atoms. The smallest absolute Gasteiger partial charge is 0.298 e. The van der Waals surface area contributed by atoms with E-state index in [0.717, 1.165) is 16.8 Å². The number of hydrogen-bond acceptors (Lipinski definition) is 5. The molecule has 27 heavy (non-hydrogen) atoms. The van der Waals surface area contributed by atoms with Crippen molar-refractivity contribution in [3.63, 3.8) is 0 Å². The molecule has 0 radical (unpaired) electrons. The van der Waals surface area contributed by atoms with Crippen molar-refractivity contribution in [3.05, 3.63) is 51.4 Å². The highest BCUT2D eigenvalue weighted by atomic mass is 19.1. The molecule has 7 nitrogen and oxygen atoms in total. The van der Waals surface area contributed by atoms with Gasteiger partial charge in [-0.05, 0) is 12.1 Å². The summed E-state index contributed by atoms with van der Waals surface area (Å²) in [5.41, 5.74) is -0.828. The van der Waals surface area contributed by atoms with Crippen LogP contribution < -0.4 is 5.56 Å². The van der Waals surface area contributed by atoms with Crippen molar-refractivity contribution < 1.29 is 17.9 Å². The standard InChI is InChI=1S/C17H14F3N5O2/c18-4-13-14-15(22-24(13)5-8-11(19)2-1-3-12(8)20)17(26)25(23-21-14)16-9-6-27-7-10(9)16/h1-3,9-10,16H,4-7H2/t9-,10+,16+. The fourth-order valence-corrected chi connectivity index (χ4v) is 3.84. The molecule has 1 saturated carbocycles. The third-order valence-electron chi connectivity index (χ3n) is 5.37. The van der Waals surface area contributed by atoms with Gasteiger partial charge in [0.05, 0.1) is 31.5 Å². The molecule has 1 saturated heterocycles. The first-order valence-corrected chi connectivity index (χ1v) is 8.51. The molecule has 140 valence electrons. The lowest BCUT2D eigenvalue weighted by atomic mass is 10.2. The van der Waals surface area contributed by atoms with Crippen molar-refractivity contribution in [1.29, 1.82) is 0 Å². The van der Waals surface area contributed by atoms with Crippen molar-refractivity contribution in [2.45, 2.75) is 19.3 Å². The van der Waals surface area contributed by atoms with Gasteiger partial charge in [0, 0.05) is 17.4 Å². The Morgan fingerprint density at radius 1 is 1.15 bits per heavy atom. The molecule has 0 unspecified atom stereocenters. The molecule has 0 amide bonds. The van der Waals surface area contributed by atoms with Crippen LogP contribution in [0.2, 0.25) is 0 Å². The third kappa shape index (κ3) is 2.39. The second-order valence-electron chi connectivity index (χ2n) is 6.83. The van der Waals surface area contributed by atoms with Crippen molar-refractivity contribution in [3.8, 4) is 0 Å². The number of hydrogen-bond donors (Lipinski definition) is 0. The fraction of sp³-hybridized carbons (Fsp3) is 0.412. The molecule has 3 atom stereocenters. The molecule has 1 aliphatic carbocycles. The Balaban J connectivity index is 1.59. The molecule has 3 aromatic rings. The largest absolute Gasteiger partial charge is 0.381 e. The van der Waals surface area contributed by atoms with Gasteiger partial charge in [-0.2, -0.15) is 5.10 Å². The van der Waals surface area contributed by atoms with Gasteiger partial charge in [0.25, 0.3) is 5.56 Å². The maximum Gasteiger partial charge on any atom is 0.298 e. The Morgan fingerprint density at radius 3 is 2.52 bits per heavy atom. The van der Waals surface area contributed by atoms with Gasteiger partial charge in [0.1, 0.15) is 23.8 Å². The van der Waals surface area contributed by atoms with Crippen molar-refractivity contribution in [2.75, 3.05) is 13.2 Å². The van der Waals surface area contributed by atoms with Crippen LogP contribution in [0.15, 0.2) is 23.0 Å². The summed E-state index contributed by atoms with van der Waals surface area (Å²) >= 11 is 0. The molecule has 1 aromatic carbocycles. The van der Waals surface area contributed by atoms with Crippen molar-refractivity contribution in [1.82, 2.24) is 24.8 Å². The summed E-state index contributed by atoms with van der Waals surface area (Å²) in [6.07, 6.45) is 0. The van der Waals surface area contributed by atoms with E-state index in [9.17, 15) is 18.0 Å². The van der Waals surface area contributed by atoms with E-state index in [1.165, 1.54) is 10.7 Å². The predicted octanol–water partition coefficient (Wildman–Crippen LogP) is 1.60. The highest BCUT2D eigenvalue weighted by Crippen LogP contribution is 2.53. The van der Waals surface area contributed by atoms with Crippen LogP contribution in [-0.4, -0.2) is 38.0 Å². The van der Waals surface area contributed by atoms with E-state index in [-0.39, 0.29) is 46.7 Å². The molecular formula is C17H14F3N5O2. The Bertz CT molecular complexity index is 1080. The first-order chi connectivity index (χ1) is 13.1. The van der Waals surface area contributed by atoms with E-state index < -0.39 is 23.9 Å². The zero-order valence-electron chi connectivity index (χ0n) is 14.0. The van der Waals surface area contributed by atoms with Crippen LogP contribution in [0.3, 0.4) is 0 Å². The number of nitrogens with zero attached hydrogens (tertiary/aromatic N) is 5. The molecule has 5 rings (SSSR count). The summed E-state index contributed by atoms with van der Waals surface area (Å²) in [6, 6.07) is 3.37. The molecule has 2 aromatic heterocycles. The summed E-state index contributed by atoms with van der Waals surface area (Å²) < 4.78 is 49.1. The topological polar surface area (TPSA) is 74.8 Å². The lowest BCUT2D eigenvalue weighted by molar-refractivity contribution is 0.149. The minimum absolute atomic E-state index is 0.0116. The van der Waals surface area contributed by atoms with Crippen LogP contribution in [-0.2, 0) is 18.0 Å². The minimum Gasteiger partial charge on any atom is -0.381 e. The summed E-state index contributed by atoms with van der Waals surface area (Å²) in [4.78, 5) is 12.8. The lowest BCUT2D eigenvalue weighted by Crippen LogP contribution is -2.26. The van der Waals surface area contributed by atoms with Crippen LogP contribution in [0, 0.1) is 23.5 Å². The Labute approximate surface area is 150 Å². The first-order valence-electron chi connectivity index (χ1n) is 8.51. The molecule has 3 heterocycles. The molecular weight excluding hydrogens is 363 g/mol. The SMILES string of the molecule is O=c1c2nn(Cc3c(F)cccc3F)c(CF)c2nnn1[C@H]1[C@@H]2COC[C@@H]21. The number of ether oxygens (including phenoxy) is 1. The van der Waals surface area contributed by atoms with E-state index in [1.54, 1.807) is 0 Å². The third-order valence-corrected chi connectivity index (χ3v) is 5.37. The van der Waals surface area contributed by atoms with Gasteiger partial charge >= 0.3 is 0 Å². The normalized spacial score (nSPS) is 23.7. The highest BCUT2D eigenvalue weighted by molar-refractivity contribution is 5.75. The summed E-state index contributed by atoms with van der Waals surface area (Å²) in [5.74, 6) is -1.09. The van der Waals surface area contributed by atoms with Gasteiger partial charge in [0.2, 0.25) is 0 Å². The van der Waals surface area contributed by atoms with Gasteiger partial charge in [-0.3, -0.25) is 9.48 Å². The molecule has 2 fully saturated rings. The second kappa shape index (κ2) is 5.88. The van der Waals surface area contributed by atoms with E-state index in [2.05, 4.69) is 15.4 Å². The van der Waals surface area contributed by atoms with Gasteiger partial charge in [-0.1, -0.05) is 11.3 Å². The van der Waals surface area contributed by atoms with E-state index in [4.69, 9.17) is 4.74 Å². The minimum atomic E-state index is -0.993.